The molecule has 0 saturated carbocycles. The summed E-state index contributed by atoms with van der Waals surface area (Å²) in [6, 6.07) is 9.38. The Balaban J connectivity index is 1.84. The van der Waals surface area contributed by atoms with Gasteiger partial charge in [0.25, 0.3) is 0 Å². The summed E-state index contributed by atoms with van der Waals surface area (Å²) in [6.07, 6.45) is 7.17. The van der Waals surface area contributed by atoms with E-state index in [0.717, 1.165) is 34.8 Å². The molecule has 3 aromatic rings. The molecule has 0 unspecified atom stereocenters. The van der Waals surface area contributed by atoms with Crippen LogP contribution in [0.3, 0.4) is 0 Å². The Morgan fingerprint density at radius 3 is 2.84 bits per heavy atom. The third-order valence-electron chi connectivity index (χ3n) is 3.43. The van der Waals surface area contributed by atoms with Crippen molar-refractivity contribution in [2.45, 2.75) is 19.8 Å². The van der Waals surface area contributed by atoms with Crippen LogP contribution in [0.1, 0.15) is 23.8 Å². The van der Waals surface area contributed by atoms with E-state index in [4.69, 9.17) is 23.2 Å². The van der Waals surface area contributed by atoms with Crippen molar-refractivity contribution >= 4 is 45.9 Å². The molecule has 0 atom stereocenters. The number of hydrogen-bond donors (Lipinski definition) is 1. The van der Waals surface area contributed by atoms with Crippen LogP contribution >= 0.6 is 34.5 Å². The number of hydrazone groups is 1. The number of hydrogen-bond acceptors (Lipinski definition) is 5. The first kappa shape index (κ1) is 17.9. The number of thiazole rings is 1. The van der Waals surface area contributed by atoms with Crippen LogP contribution in [-0.2, 0) is 6.42 Å². The maximum atomic E-state index is 6.15. The van der Waals surface area contributed by atoms with Crippen LogP contribution in [0.25, 0.3) is 11.3 Å². The lowest BCUT2D eigenvalue weighted by molar-refractivity contribution is 0.938. The fourth-order valence-corrected chi connectivity index (χ4v) is 3.61. The first-order valence-corrected chi connectivity index (χ1v) is 9.39. The summed E-state index contributed by atoms with van der Waals surface area (Å²) < 4.78 is 0. The largest absolute Gasteiger partial charge is 0.264 e. The zero-order valence-electron chi connectivity index (χ0n) is 13.5. The highest BCUT2D eigenvalue weighted by Crippen LogP contribution is 2.35. The zero-order valence-corrected chi connectivity index (χ0v) is 15.9. The second-order valence-corrected chi connectivity index (χ2v) is 7.22. The molecular formula is C18H16Cl2N4S. The summed E-state index contributed by atoms with van der Waals surface area (Å²) in [5.74, 6) is 0. The molecule has 25 heavy (non-hydrogen) atoms. The minimum atomic E-state index is 0.527. The van der Waals surface area contributed by atoms with Crippen molar-refractivity contribution in [1.29, 1.82) is 0 Å². The van der Waals surface area contributed by atoms with E-state index in [2.05, 4.69) is 27.4 Å². The second kappa shape index (κ2) is 8.43. The number of nitrogens with zero attached hydrogens (tertiary/aromatic N) is 3. The Bertz CT molecular complexity index is 878. The van der Waals surface area contributed by atoms with Crippen molar-refractivity contribution in [2.24, 2.45) is 5.10 Å². The normalized spacial score (nSPS) is 11.2. The van der Waals surface area contributed by atoms with Crippen LogP contribution in [0.2, 0.25) is 10.0 Å². The Hall–Kier alpha value is -1.95. The van der Waals surface area contributed by atoms with Gasteiger partial charge in [0.2, 0.25) is 5.13 Å². The van der Waals surface area contributed by atoms with Gasteiger partial charge >= 0.3 is 0 Å². The van der Waals surface area contributed by atoms with Gasteiger partial charge in [-0.2, -0.15) is 5.10 Å². The maximum Gasteiger partial charge on any atom is 0.204 e. The smallest absolute Gasteiger partial charge is 0.204 e. The summed E-state index contributed by atoms with van der Waals surface area (Å²) in [5.41, 5.74) is 5.80. The van der Waals surface area contributed by atoms with Gasteiger partial charge in [0, 0.05) is 28.4 Å². The molecule has 7 heteroatoms. The Morgan fingerprint density at radius 2 is 2.12 bits per heavy atom. The molecule has 0 saturated heterocycles. The van der Waals surface area contributed by atoms with Crippen molar-refractivity contribution in [2.75, 3.05) is 5.43 Å². The Labute approximate surface area is 160 Å². The van der Waals surface area contributed by atoms with Gasteiger partial charge in [0.15, 0.2) is 0 Å². The van der Waals surface area contributed by atoms with Gasteiger partial charge in [-0.05, 0) is 24.6 Å². The van der Waals surface area contributed by atoms with Crippen LogP contribution < -0.4 is 5.43 Å². The first-order chi connectivity index (χ1) is 12.2. The van der Waals surface area contributed by atoms with Gasteiger partial charge in [-0.3, -0.25) is 10.4 Å². The second-order valence-electron chi connectivity index (χ2n) is 5.33. The number of aromatic nitrogens is 2. The quantitative estimate of drug-likeness (QED) is 0.420. The predicted molar refractivity (Wildman–Crippen MR) is 107 cm³/mol. The molecule has 4 nitrogen and oxygen atoms in total. The summed E-state index contributed by atoms with van der Waals surface area (Å²) in [7, 11) is 0. The van der Waals surface area contributed by atoms with Crippen LogP contribution in [0.5, 0.6) is 0 Å². The Morgan fingerprint density at radius 1 is 1.24 bits per heavy atom. The molecule has 0 aliphatic carbocycles. The minimum absolute atomic E-state index is 0.527. The van der Waals surface area contributed by atoms with Crippen LogP contribution in [0.15, 0.2) is 47.8 Å². The van der Waals surface area contributed by atoms with E-state index in [9.17, 15) is 0 Å². The number of benzene rings is 1. The van der Waals surface area contributed by atoms with Crippen LogP contribution in [0, 0.1) is 0 Å². The van der Waals surface area contributed by atoms with Crippen molar-refractivity contribution in [1.82, 2.24) is 9.97 Å². The van der Waals surface area contributed by atoms with Gasteiger partial charge in [-0.1, -0.05) is 60.0 Å². The summed E-state index contributed by atoms with van der Waals surface area (Å²) >= 11 is 13.8. The standard InChI is InChI=1S/C18H16Cl2N4S/c1-2-4-16-17(13-6-7-14(19)15(20)9-13)23-18(25-16)24-22-11-12-5-3-8-21-10-12/h3,5-11H,2,4H2,1H3,(H,23,24)/b22-11+. The number of aryl methyl sites for hydroxylation is 1. The number of nitrogens with one attached hydrogen (secondary N) is 1. The SMILES string of the molecule is CCCc1sc(N/N=C/c2cccnc2)nc1-c1ccc(Cl)c(Cl)c1. The fraction of sp³-hybridized carbons (Fsp3) is 0.167. The fourth-order valence-electron chi connectivity index (χ4n) is 2.28. The molecule has 1 N–H and O–H groups in total. The molecule has 2 heterocycles. The minimum Gasteiger partial charge on any atom is -0.264 e. The van der Waals surface area contributed by atoms with Gasteiger partial charge < -0.3 is 0 Å². The van der Waals surface area contributed by atoms with Crippen LogP contribution in [0.4, 0.5) is 5.13 Å². The highest BCUT2D eigenvalue weighted by atomic mass is 35.5. The average Bonchev–Trinajstić information content (AvgIpc) is 3.01. The van der Waals surface area contributed by atoms with E-state index in [1.54, 1.807) is 36.0 Å². The van der Waals surface area contributed by atoms with Crippen molar-refractivity contribution in [3.05, 3.63) is 63.2 Å². The van der Waals surface area contributed by atoms with Gasteiger partial charge in [0.05, 0.1) is 22.0 Å². The van der Waals surface area contributed by atoms with E-state index in [-0.39, 0.29) is 0 Å². The highest BCUT2D eigenvalue weighted by Gasteiger charge is 2.13. The number of pyridine rings is 1. The van der Waals surface area contributed by atoms with E-state index < -0.39 is 0 Å². The van der Waals surface area contributed by atoms with Gasteiger partial charge in [-0.15, -0.1) is 0 Å². The summed E-state index contributed by atoms with van der Waals surface area (Å²) in [5, 5.41) is 6.04. The van der Waals surface area contributed by atoms with Crippen molar-refractivity contribution in [3.8, 4) is 11.3 Å². The van der Waals surface area contributed by atoms with Crippen molar-refractivity contribution in [3.63, 3.8) is 0 Å². The monoisotopic (exact) mass is 390 g/mol. The van der Waals surface area contributed by atoms with E-state index in [1.165, 1.54) is 4.88 Å². The number of rotatable bonds is 6. The predicted octanol–water partition coefficient (Wildman–Crippen LogP) is 5.91. The molecular weight excluding hydrogens is 375 g/mol. The van der Waals surface area contributed by atoms with Crippen LogP contribution in [-0.4, -0.2) is 16.2 Å². The topological polar surface area (TPSA) is 50.2 Å². The van der Waals surface area contributed by atoms with Gasteiger partial charge in [-0.25, -0.2) is 4.98 Å². The Kier molecular flexibility index (Phi) is 6.02. The van der Waals surface area contributed by atoms with E-state index >= 15 is 0 Å². The van der Waals surface area contributed by atoms with Crippen molar-refractivity contribution < 1.29 is 0 Å². The number of anilines is 1. The first-order valence-electron chi connectivity index (χ1n) is 7.81. The summed E-state index contributed by atoms with van der Waals surface area (Å²) in [4.78, 5) is 9.92. The molecule has 1 aromatic carbocycles. The molecule has 0 radical (unpaired) electrons. The lowest BCUT2D eigenvalue weighted by Gasteiger charge is -2.03. The molecule has 0 spiro atoms. The average molecular weight is 391 g/mol. The number of halogens is 2. The third kappa shape index (κ3) is 4.57. The zero-order chi connectivity index (χ0) is 17.6. The third-order valence-corrected chi connectivity index (χ3v) is 5.18. The molecule has 0 amide bonds. The molecule has 3 rings (SSSR count). The molecule has 0 bridgehead atoms. The molecule has 2 aromatic heterocycles. The molecule has 0 fully saturated rings. The van der Waals surface area contributed by atoms with E-state index in [1.807, 2.05) is 24.3 Å². The molecule has 128 valence electrons. The lowest BCUT2D eigenvalue weighted by Crippen LogP contribution is -1.90. The lowest BCUT2D eigenvalue weighted by atomic mass is 10.1. The van der Waals surface area contributed by atoms with Gasteiger partial charge in [0.1, 0.15) is 0 Å². The summed E-state index contributed by atoms with van der Waals surface area (Å²) in [6.45, 7) is 2.14. The highest BCUT2D eigenvalue weighted by molar-refractivity contribution is 7.16. The molecule has 0 aliphatic rings. The van der Waals surface area contributed by atoms with E-state index in [0.29, 0.717) is 10.0 Å². The maximum absolute atomic E-state index is 6.15. The molecule has 0 aliphatic heterocycles.